The van der Waals surface area contributed by atoms with E-state index in [1.807, 2.05) is 0 Å². The van der Waals surface area contributed by atoms with Gasteiger partial charge >= 0.3 is 0 Å². The van der Waals surface area contributed by atoms with E-state index in [0.29, 0.717) is 5.92 Å². The molecule has 0 saturated heterocycles. The number of nitriles is 1. The van der Waals surface area contributed by atoms with Crippen molar-refractivity contribution in [3.8, 4) is 6.07 Å². The molecule has 0 aromatic heterocycles. The Kier molecular flexibility index (Phi) is 4.60. The molecule has 0 bridgehead atoms. The summed E-state index contributed by atoms with van der Waals surface area (Å²) >= 11 is 0. The normalized spacial score (nSPS) is 21.7. The van der Waals surface area contributed by atoms with E-state index in [2.05, 4.69) is 32.2 Å². The average Bonchev–Trinajstić information content (AvgIpc) is 3.08. The second kappa shape index (κ2) is 5.51. The summed E-state index contributed by atoms with van der Waals surface area (Å²) in [4.78, 5) is 0. The van der Waals surface area contributed by atoms with Crippen molar-refractivity contribution in [1.29, 1.82) is 5.26 Å². The average molecular weight is 208 g/mol. The molecular formula is C13H24N2. The second-order valence-electron chi connectivity index (χ2n) is 5.09. The minimum atomic E-state index is -0.266. The summed E-state index contributed by atoms with van der Waals surface area (Å²) in [7, 11) is 0. The van der Waals surface area contributed by atoms with Gasteiger partial charge in [-0.05, 0) is 44.1 Å². The predicted octanol–water partition coefficient (Wildman–Crippen LogP) is 3.09. The molecule has 0 aromatic carbocycles. The van der Waals surface area contributed by atoms with Gasteiger partial charge in [0.2, 0.25) is 0 Å². The van der Waals surface area contributed by atoms with Crippen LogP contribution >= 0.6 is 0 Å². The Morgan fingerprint density at radius 2 is 2.13 bits per heavy atom. The van der Waals surface area contributed by atoms with Crippen LogP contribution in [0.15, 0.2) is 0 Å². The highest BCUT2D eigenvalue weighted by molar-refractivity contribution is 5.07. The quantitative estimate of drug-likeness (QED) is 0.698. The van der Waals surface area contributed by atoms with E-state index in [1.54, 1.807) is 0 Å². The Labute approximate surface area is 94.1 Å². The van der Waals surface area contributed by atoms with Gasteiger partial charge in [-0.15, -0.1) is 0 Å². The Morgan fingerprint density at radius 1 is 1.47 bits per heavy atom. The fourth-order valence-electron chi connectivity index (χ4n) is 1.91. The lowest BCUT2D eigenvalue weighted by Crippen LogP contribution is -2.45. The zero-order chi connectivity index (χ0) is 11.3. The van der Waals surface area contributed by atoms with Crippen molar-refractivity contribution in [3.05, 3.63) is 0 Å². The van der Waals surface area contributed by atoms with Gasteiger partial charge in [0, 0.05) is 0 Å². The predicted molar refractivity (Wildman–Crippen MR) is 63.4 cm³/mol. The molecule has 1 aliphatic carbocycles. The van der Waals surface area contributed by atoms with Crippen molar-refractivity contribution >= 4 is 0 Å². The summed E-state index contributed by atoms with van der Waals surface area (Å²) in [5.74, 6) is 1.48. The molecular weight excluding hydrogens is 184 g/mol. The molecule has 1 rings (SSSR count). The summed E-state index contributed by atoms with van der Waals surface area (Å²) in [5.41, 5.74) is -0.266. The van der Waals surface area contributed by atoms with Gasteiger partial charge in [-0.25, -0.2) is 0 Å². The lowest BCUT2D eigenvalue weighted by molar-refractivity contribution is 0.310. The zero-order valence-electron chi connectivity index (χ0n) is 10.3. The smallest absolute Gasteiger partial charge is 0.106 e. The SMILES string of the molecule is CCC(C)CC(C#N)(CC)NCC1CC1. The van der Waals surface area contributed by atoms with Gasteiger partial charge in [-0.3, -0.25) is 5.32 Å². The third kappa shape index (κ3) is 3.83. The topological polar surface area (TPSA) is 35.8 Å². The van der Waals surface area contributed by atoms with Crippen molar-refractivity contribution in [2.24, 2.45) is 11.8 Å². The molecule has 2 nitrogen and oxygen atoms in total. The van der Waals surface area contributed by atoms with E-state index >= 15 is 0 Å². The lowest BCUT2D eigenvalue weighted by atomic mass is 9.85. The monoisotopic (exact) mass is 208 g/mol. The molecule has 2 heteroatoms. The zero-order valence-corrected chi connectivity index (χ0v) is 10.3. The molecule has 0 heterocycles. The molecule has 1 saturated carbocycles. The van der Waals surface area contributed by atoms with E-state index in [9.17, 15) is 5.26 Å². The molecule has 1 fully saturated rings. The first-order valence-corrected chi connectivity index (χ1v) is 6.32. The summed E-state index contributed by atoms with van der Waals surface area (Å²) in [6.45, 7) is 7.59. The van der Waals surface area contributed by atoms with Crippen LogP contribution < -0.4 is 5.32 Å². The fourth-order valence-corrected chi connectivity index (χ4v) is 1.91. The van der Waals surface area contributed by atoms with Gasteiger partial charge in [0.25, 0.3) is 0 Å². The van der Waals surface area contributed by atoms with E-state index in [-0.39, 0.29) is 5.54 Å². The highest BCUT2D eigenvalue weighted by atomic mass is 15.0. The standard InChI is InChI=1S/C13H24N2/c1-4-11(3)8-13(5-2,10-14)15-9-12-6-7-12/h11-12,15H,4-9H2,1-3H3. The first-order chi connectivity index (χ1) is 7.15. The van der Waals surface area contributed by atoms with E-state index in [4.69, 9.17) is 0 Å². The molecule has 0 radical (unpaired) electrons. The van der Waals surface area contributed by atoms with E-state index < -0.39 is 0 Å². The van der Waals surface area contributed by atoms with Crippen LogP contribution in [0.2, 0.25) is 0 Å². The third-order valence-corrected chi connectivity index (χ3v) is 3.64. The Bertz CT molecular complexity index is 227. The summed E-state index contributed by atoms with van der Waals surface area (Å²) in [6.07, 6.45) is 5.77. The van der Waals surface area contributed by atoms with Crippen molar-refractivity contribution in [2.75, 3.05) is 6.54 Å². The molecule has 2 atom stereocenters. The second-order valence-corrected chi connectivity index (χ2v) is 5.09. The maximum absolute atomic E-state index is 9.34. The van der Waals surface area contributed by atoms with E-state index in [1.165, 1.54) is 12.8 Å². The molecule has 15 heavy (non-hydrogen) atoms. The van der Waals surface area contributed by atoms with Crippen molar-refractivity contribution < 1.29 is 0 Å². The van der Waals surface area contributed by atoms with Crippen molar-refractivity contribution in [3.63, 3.8) is 0 Å². The van der Waals surface area contributed by atoms with Crippen LogP contribution in [0.3, 0.4) is 0 Å². The van der Waals surface area contributed by atoms with Crippen LogP contribution in [0, 0.1) is 23.2 Å². The van der Waals surface area contributed by atoms with Gasteiger partial charge in [-0.1, -0.05) is 27.2 Å². The van der Waals surface area contributed by atoms with Crippen LogP contribution in [-0.4, -0.2) is 12.1 Å². The Balaban J connectivity index is 2.46. The van der Waals surface area contributed by atoms with Crippen LogP contribution in [0.1, 0.15) is 52.9 Å². The first-order valence-electron chi connectivity index (χ1n) is 6.32. The minimum Gasteiger partial charge on any atom is -0.299 e. The molecule has 1 N–H and O–H groups in total. The summed E-state index contributed by atoms with van der Waals surface area (Å²) in [6, 6.07) is 2.50. The molecule has 2 unspecified atom stereocenters. The maximum atomic E-state index is 9.34. The van der Waals surface area contributed by atoms with Crippen LogP contribution in [-0.2, 0) is 0 Å². The number of nitrogens with zero attached hydrogens (tertiary/aromatic N) is 1. The lowest BCUT2D eigenvalue weighted by Gasteiger charge is -2.29. The van der Waals surface area contributed by atoms with Crippen LogP contribution in [0.25, 0.3) is 0 Å². The van der Waals surface area contributed by atoms with Crippen LogP contribution in [0.5, 0.6) is 0 Å². The molecule has 0 spiro atoms. The highest BCUT2D eigenvalue weighted by Gasteiger charge is 2.31. The van der Waals surface area contributed by atoms with Crippen LogP contribution in [0.4, 0.5) is 0 Å². The number of hydrogen-bond donors (Lipinski definition) is 1. The van der Waals surface area contributed by atoms with Gasteiger partial charge < -0.3 is 0 Å². The maximum Gasteiger partial charge on any atom is 0.106 e. The Morgan fingerprint density at radius 3 is 2.53 bits per heavy atom. The molecule has 1 aliphatic rings. The fraction of sp³-hybridized carbons (Fsp3) is 0.923. The van der Waals surface area contributed by atoms with Crippen molar-refractivity contribution in [1.82, 2.24) is 5.32 Å². The summed E-state index contributed by atoms with van der Waals surface area (Å²) < 4.78 is 0. The number of hydrogen-bond acceptors (Lipinski definition) is 2. The Hall–Kier alpha value is -0.550. The molecule has 0 amide bonds. The van der Waals surface area contributed by atoms with Crippen molar-refractivity contribution in [2.45, 2.75) is 58.4 Å². The van der Waals surface area contributed by atoms with Gasteiger partial charge in [0.1, 0.15) is 5.54 Å². The summed E-state index contributed by atoms with van der Waals surface area (Å²) in [5, 5.41) is 12.8. The largest absolute Gasteiger partial charge is 0.299 e. The van der Waals surface area contributed by atoms with E-state index in [0.717, 1.165) is 31.7 Å². The molecule has 0 aliphatic heterocycles. The number of rotatable bonds is 7. The highest BCUT2D eigenvalue weighted by Crippen LogP contribution is 2.30. The molecule has 86 valence electrons. The minimum absolute atomic E-state index is 0.266. The van der Waals surface area contributed by atoms with Gasteiger partial charge in [-0.2, -0.15) is 5.26 Å². The third-order valence-electron chi connectivity index (χ3n) is 3.64. The van der Waals surface area contributed by atoms with Gasteiger partial charge in [0.15, 0.2) is 0 Å². The molecule has 0 aromatic rings. The number of nitrogens with one attached hydrogen (secondary N) is 1. The first kappa shape index (κ1) is 12.5. The van der Waals surface area contributed by atoms with Gasteiger partial charge in [0.05, 0.1) is 6.07 Å².